The zero-order valence-electron chi connectivity index (χ0n) is 18.4. The van der Waals surface area contributed by atoms with Crippen LogP contribution in [0.1, 0.15) is 62.1 Å². The number of benzene rings is 1. The molecule has 2 aromatic heterocycles. The van der Waals surface area contributed by atoms with Gasteiger partial charge >= 0.3 is 6.18 Å². The van der Waals surface area contributed by atoms with Gasteiger partial charge in [0, 0.05) is 17.6 Å². The number of nitriles is 1. The number of nitrogens with zero attached hydrogens (tertiary/aromatic N) is 3. The number of alkyl halides is 3. The Bertz CT molecular complexity index is 1400. The van der Waals surface area contributed by atoms with Crippen LogP contribution in [-0.4, -0.2) is 30.2 Å². The summed E-state index contributed by atoms with van der Waals surface area (Å²) in [6.07, 6.45) is 1.69. The summed E-state index contributed by atoms with van der Waals surface area (Å²) in [7, 11) is -4.41. The van der Waals surface area contributed by atoms with E-state index in [0.29, 0.717) is 22.9 Å². The molecule has 1 aromatic carbocycles. The highest BCUT2D eigenvalue weighted by atomic mass is 32.2. The molecule has 2 aliphatic rings. The molecular formula is C24H23F3N4O2S. The van der Waals surface area contributed by atoms with Gasteiger partial charge < -0.3 is 4.57 Å². The van der Waals surface area contributed by atoms with Gasteiger partial charge in [-0.25, -0.2) is 8.42 Å². The first-order valence-electron chi connectivity index (χ1n) is 11.2. The molecule has 2 heterocycles. The number of fused-ring (bicyclic) bond motifs is 1. The number of halogens is 3. The number of hydrogen-bond acceptors (Lipinski definition) is 4. The van der Waals surface area contributed by atoms with Crippen LogP contribution in [0.2, 0.25) is 0 Å². The summed E-state index contributed by atoms with van der Waals surface area (Å²) in [6, 6.07) is 9.15. The van der Waals surface area contributed by atoms with Crippen LogP contribution in [0.3, 0.4) is 0 Å². The SMILES string of the molecule is C[C@@H](NS(=O)(=O)c1ccc(-c2c(C#N)c3ccc(C4CC4)cc3n2C2CCC2)nc1)C(F)(F)F. The summed E-state index contributed by atoms with van der Waals surface area (Å²) in [5.41, 5.74) is 3.73. The summed E-state index contributed by atoms with van der Waals surface area (Å²) in [4.78, 5) is 3.92. The summed E-state index contributed by atoms with van der Waals surface area (Å²) < 4.78 is 67.1. The lowest BCUT2D eigenvalue weighted by Crippen LogP contribution is -2.42. The zero-order valence-corrected chi connectivity index (χ0v) is 19.2. The lowest BCUT2D eigenvalue weighted by atomic mass is 9.92. The van der Waals surface area contributed by atoms with Gasteiger partial charge in [-0.3, -0.25) is 4.98 Å². The van der Waals surface area contributed by atoms with Gasteiger partial charge in [-0.05, 0) is 68.7 Å². The summed E-state index contributed by atoms with van der Waals surface area (Å²) in [5, 5.41) is 10.8. The molecule has 1 N–H and O–H groups in total. The van der Waals surface area contributed by atoms with Crippen molar-refractivity contribution in [2.45, 2.75) is 68.1 Å². The molecule has 2 aliphatic carbocycles. The van der Waals surface area contributed by atoms with Crippen LogP contribution < -0.4 is 4.72 Å². The topological polar surface area (TPSA) is 87.8 Å². The van der Waals surface area contributed by atoms with E-state index in [-0.39, 0.29) is 10.9 Å². The molecule has 178 valence electrons. The van der Waals surface area contributed by atoms with Crippen LogP contribution in [-0.2, 0) is 10.0 Å². The van der Waals surface area contributed by atoms with E-state index in [9.17, 15) is 26.9 Å². The maximum atomic E-state index is 12.8. The Morgan fingerprint density at radius 3 is 2.44 bits per heavy atom. The molecule has 0 spiro atoms. The van der Waals surface area contributed by atoms with Gasteiger partial charge in [-0.2, -0.15) is 23.2 Å². The van der Waals surface area contributed by atoms with Crippen LogP contribution in [0.5, 0.6) is 0 Å². The van der Waals surface area contributed by atoms with Gasteiger partial charge in [0.25, 0.3) is 0 Å². The molecule has 0 radical (unpaired) electrons. The van der Waals surface area contributed by atoms with Crippen molar-refractivity contribution in [1.29, 1.82) is 5.26 Å². The molecule has 1 atom stereocenters. The van der Waals surface area contributed by atoms with Crippen molar-refractivity contribution in [2.24, 2.45) is 0 Å². The number of nitrogens with one attached hydrogen (secondary N) is 1. The molecule has 5 rings (SSSR count). The van der Waals surface area contributed by atoms with Crippen LogP contribution in [0.4, 0.5) is 13.2 Å². The Morgan fingerprint density at radius 2 is 1.91 bits per heavy atom. The van der Waals surface area contributed by atoms with Crippen LogP contribution >= 0.6 is 0 Å². The van der Waals surface area contributed by atoms with Crippen molar-refractivity contribution in [3.8, 4) is 17.5 Å². The van der Waals surface area contributed by atoms with E-state index in [1.807, 2.05) is 6.07 Å². The Morgan fingerprint density at radius 1 is 1.18 bits per heavy atom. The minimum atomic E-state index is -4.70. The van der Waals surface area contributed by atoms with E-state index < -0.39 is 22.2 Å². The smallest absolute Gasteiger partial charge is 0.335 e. The Kier molecular flexibility index (Phi) is 5.45. The molecule has 2 fully saturated rings. The fourth-order valence-corrected chi connectivity index (χ4v) is 5.61. The predicted octanol–water partition coefficient (Wildman–Crippen LogP) is 5.41. The fraction of sp³-hybridized carbons (Fsp3) is 0.417. The lowest BCUT2D eigenvalue weighted by Gasteiger charge is -2.30. The molecule has 2 saturated carbocycles. The highest BCUT2D eigenvalue weighted by molar-refractivity contribution is 7.89. The summed E-state index contributed by atoms with van der Waals surface area (Å²) >= 11 is 0. The third-order valence-corrected chi connectivity index (χ3v) is 8.27. The van der Waals surface area contributed by atoms with Crippen molar-refractivity contribution in [1.82, 2.24) is 14.3 Å². The minimum absolute atomic E-state index is 0.216. The normalized spacial score (nSPS) is 18.0. The van der Waals surface area contributed by atoms with Gasteiger partial charge in [-0.15, -0.1) is 0 Å². The van der Waals surface area contributed by atoms with Crippen LogP contribution in [0.25, 0.3) is 22.3 Å². The summed E-state index contributed by atoms with van der Waals surface area (Å²) in [5.74, 6) is 0.553. The van der Waals surface area contributed by atoms with E-state index in [4.69, 9.17) is 0 Å². The Hall–Kier alpha value is -2.90. The van der Waals surface area contributed by atoms with Gasteiger partial charge in [0.05, 0.1) is 22.5 Å². The second kappa shape index (κ2) is 8.10. The monoisotopic (exact) mass is 488 g/mol. The largest absolute Gasteiger partial charge is 0.404 e. The zero-order chi connectivity index (χ0) is 24.3. The molecule has 6 nitrogen and oxygen atoms in total. The molecular weight excluding hydrogens is 465 g/mol. The Labute approximate surface area is 195 Å². The van der Waals surface area contributed by atoms with Gasteiger partial charge in [0.15, 0.2) is 0 Å². The van der Waals surface area contributed by atoms with E-state index in [1.54, 1.807) is 4.72 Å². The highest BCUT2D eigenvalue weighted by Gasteiger charge is 2.39. The van der Waals surface area contributed by atoms with Gasteiger partial charge in [-0.1, -0.05) is 12.1 Å². The van der Waals surface area contributed by atoms with E-state index in [0.717, 1.165) is 56.1 Å². The average Bonchev–Trinajstić information content (AvgIpc) is 3.55. The maximum Gasteiger partial charge on any atom is 0.404 e. The molecule has 0 bridgehead atoms. The van der Waals surface area contributed by atoms with Gasteiger partial charge in [0.1, 0.15) is 17.0 Å². The van der Waals surface area contributed by atoms with Crippen molar-refractivity contribution < 1.29 is 21.6 Å². The van der Waals surface area contributed by atoms with Crippen molar-refractivity contribution in [2.75, 3.05) is 0 Å². The van der Waals surface area contributed by atoms with Crippen molar-refractivity contribution in [3.63, 3.8) is 0 Å². The number of aromatic nitrogens is 2. The van der Waals surface area contributed by atoms with Crippen LogP contribution in [0.15, 0.2) is 41.4 Å². The van der Waals surface area contributed by atoms with E-state index in [2.05, 4.69) is 27.8 Å². The quantitative estimate of drug-likeness (QED) is 0.503. The maximum absolute atomic E-state index is 12.8. The molecule has 0 saturated heterocycles. The molecule has 3 aromatic rings. The summed E-state index contributed by atoms with van der Waals surface area (Å²) in [6.45, 7) is 0.742. The molecule has 10 heteroatoms. The third-order valence-electron chi connectivity index (χ3n) is 6.74. The second-order valence-corrected chi connectivity index (χ2v) is 10.8. The average molecular weight is 489 g/mol. The van der Waals surface area contributed by atoms with E-state index >= 15 is 0 Å². The first kappa shape index (κ1) is 22.9. The number of rotatable bonds is 6. The highest BCUT2D eigenvalue weighted by Crippen LogP contribution is 2.45. The first-order valence-corrected chi connectivity index (χ1v) is 12.7. The molecule has 0 aliphatic heterocycles. The Balaban J connectivity index is 1.58. The molecule has 0 amide bonds. The minimum Gasteiger partial charge on any atom is -0.335 e. The van der Waals surface area contributed by atoms with Gasteiger partial charge in [0.2, 0.25) is 10.0 Å². The first-order chi connectivity index (χ1) is 16.1. The lowest BCUT2D eigenvalue weighted by molar-refractivity contribution is -0.147. The third kappa shape index (κ3) is 3.97. The van der Waals surface area contributed by atoms with Crippen molar-refractivity contribution >= 4 is 20.9 Å². The number of sulfonamides is 1. The number of hydrogen-bond donors (Lipinski definition) is 1. The van der Waals surface area contributed by atoms with E-state index in [1.165, 1.54) is 17.7 Å². The molecule has 0 unspecified atom stereocenters. The molecule has 34 heavy (non-hydrogen) atoms. The predicted molar refractivity (Wildman–Crippen MR) is 121 cm³/mol. The fourth-order valence-electron chi connectivity index (χ4n) is 4.43. The standard InChI is InChI=1S/C24H23F3N4O2S/c1-14(24(25,26)27)30-34(32,33)18-8-10-21(29-13-18)23-20(12-28)19-9-7-16(15-5-6-15)11-22(19)31(23)17-3-2-4-17/h7-11,13-15,17,30H,2-6H2,1H3/t14-/m1/s1. The van der Waals surface area contributed by atoms with Crippen molar-refractivity contribution in [3.05, 3.63) is 47.7 Å². The van der Waals surface area contributed by atoms with Crippen LogP contribution in [0, 0.1) is 11.3 Å². The second-order valence-electron chi connectivity index (χ2n) is 9.10. The number of pyridine rings is 1.